The molecule has 0 aromatic heterocycles. The van der Waals surface area contributed by atoms with Crippen molar-refractivity contribution in [3.63, 3.8) is 0 Å². The third-order valence-electron chi connectivity index (χ3n) is 4.76. The van der Waals surface area contributed by atoms with Crippen molar-refractivity contribution >= 4 is 44.7 Å². The van der Waals surface area contributed by atoms with Gasteiger partial charge < -0.3 is 4.90 Å². The number of thioether (sulfide) groups is 1. The molecule has 2 heterocycles. The highest BCUT2D eigenvalue weighted by molar-refractivity contribution is 8.18. The van der Waals surface area contributed by atoms with Gasteiger partial charge in [0, 0.05) is 31.6 Å². The third-order valence-corrected chi connectivity index (χ3v) is 7.42. The minimum atomic E-state index is -3.12. The Kier molecular flexibility index (Phi) is 5.90. The van der Waals surface area contributed by atoms with Gasteiger partial charge in [0.05, 0.1) is 16.4 Å². The lowest BCUT2D eigenvalue weighted by molar-refractivity contribution is -0.132. The molecule has 1 atom stereocenters. The molecule has 3 amide bonds. The van der Waals surface area contributed by atoms with Crippen LogP contribution in [0.1, 0.15) is 18.4 Å². The number of hydrogen-bond donors (Lipinski definition) is 0. The number of imide groups is 1. The molecule has 7 nitrogen and oxygen atoms in total. The Labute approximate surface area is 166 Å². The Morgan fingerprint density at radius 1 is 1.36 bits per heavy atom. The van der Waals surface area contributed by atoms with E-state index >= 15 is 0 Å². The number of carbonyl (C=O) groups excluding carboxylic acids is 3. The molecule has 3 rings (SSSR count). The maximum atomic E-state index is 13.8. The summed E-state index contributed by atoms with van der Waals surface area (Å²) in [6.07, 6.45) is 1.60. The molecule has 1 aromatic carbocycles. The predicted molar refractivity (Wildman–Crippen MR) is 104 cm³/mol. The molecule has 0 radical (unpaired) electrons. The van der Waals surface area contributed by atoms with Crippen LogP contribution < -0.4 is 0 Å². The molecule has 28 heavy (non-hydrogen) atoms. The summed E-state index contributed by atoms with van der Waals surface area (Å²) in [6.45, 7) is -0.109. The van der Waals surface area contributed by atoms with E-state index in [2.05, 4.69) is 0 Å². The number of hydrogen-bond acceptors (Lipinski definition) is 6. The van der Waals surface area contributed by atoms with E-state index in [0.29, 0.717) is 18.2 Å². The lowest BCUT2D eigenvalue weighted by Gasteiger charge is -2.24. The molecule has 2 saturated heterocycles. The number of amides is 3. The number of carbonyl (C=O) groups is 3. The quantitative estimate of drug-likeness (QED) is 0.668. The van der Waals surface area contributed by atoms with Gasteiger partial charge in [0.25, 0.3) is 11.1 Å². The first-order chi connectivity index (χ1) is 13.2. The van der Waals surface area contributed by atoms with Crippen LogP contribution in [-0.2, 0) is 19.4 Å². The SMILES string of the molecule is CN(C(=O)CCN1C(=O)S/C(=C\c2ccccc2F)C1=O)[C@H]1CCS(=O)(=O)C1. The van der Waals surface area contributed by atoms with Crippen LogP contribution in [0.3, 0.4) is 0 Å². The van der Waals surface area contributed by atoms with Gasteiger partial charge in [-0.2, -0.15) is 0 Å². The lowest BCUT2D eigenvalue weighted by atomic mass is 10.2. The fourth-order valence-electron chi connectivity index (χ4n) is 3.09. The maximum Gasteiger partial charge on any atom is 0.293 e. The number of sulfone groups is 1. The molecular formula is C18H19FN2O5S2. The Balaban J connectivity index is 1.62. The number of benzene rings is 1. The van der Waals surface area contributed by atoms with Gasteiger partial charge in [-0.05, 0) is 30.3 Å². The van der Waals surface area contributed by atoms with Gasteiger partial charge in [0.15, 0.2) is 9.84 Å². The van der Waals surface area contributed by atoms with Gasteiger partial charge in [0.1, 0.15) is 5.82 Å². The molecule has 2 fully saturated rings. The second-order valence-electron chi connectivity index (χ2n) is 6.67. The van der Waals surface area contributed by atoms with E-state index < -0.39 is 26.8 Å². The first-order valence-electron chi connectivity index (χ1n) is 8.64. The molecule has 1 aromatic rings. The minimum absolute atomic E-state index is 0.0548. The average Bonchev–Trinajstić information content (AvgIpc) is 3.13. The van der Waals surface area contributed by atoms with E-state index in [1.54, 1.807) is 6.07 Å². The van der Waals surface area contributed by atoms with E-state index in [1.165, 1.54) is 36.2 Å². The summed E-state index contributed by atoms with van der Waals surface area (Å²) in [6, 6.07) is 5.52. The normalized spacial score (nSPS) is 22.9. The van der Waals surface area contributed by atoms with Crippen molar-refractivity contribution in [2.24, 2.45) is 0 Å². The second-order valence-corrected chi connectivity index (χ2v) is 9.89. The van der Waals surface area contributed by atoms with E-state index in [9.17, 15) is 27.2 Å². The fourth-order valence-corrected chi connectivity index (χ4v) is 5.72. The van der Waals surface area contributed by atoms with Crippen LogP contribution in [0, 0.1) is 5.82 Å². The van der Waals surface area contributed by atoms with Crippen molar-refractivity contribution in [1.82, 2.24) is 9.80 Å². The van der Waals surface area contributed by atoms with E-state index in [0.717, 1.165) is 4.90 Å². The zero-order chi connectivity index (χ0) is 20.5. The molecule has 0 spiro atoms. The van der Waals surface area contributed by atoms with Crippen molar-refractivity contribution < 1.29 is 27.2 Å². The highest BCUT2D eigenvalue weighted by Crippen LogP contribution is 2.32. The van der Waals surface area contributed by atoms with Crippen LogP contribution in [0.4, 0.5) is 9.18 Å². The molecule has 2 aliphatic heterocycles. The summed E-state index contributed by atoms with van der Waals surface area (Å²) in [7, 11) is -1.59. The van der Waals surface area contributed by atoms with Gasteiger partial charge in [0.2, 0.25) is 5.91 Å². The third kappa shape index (κ3) is 4.44. The van der Waals surface area contributed by atoms with Crippen LogP contribution in [0.2, 0.25) is 0 Å². The topological polar surface area (TPSA) is 91.8 Å². The van der Waals surface area contributed by atoms with Crippen molar-refractivity contribution in [3.05, 3.63) is 40.6 Å². The van der Waals surface area contributed by atoms with Gasteiger partial charge in [-0.1, -0.05) is 18.2 Å². The standard InChI is InChI=1S/C18H19FN2O5S2/c1-20(13-7-9-28(25,26)11-13)16(22)6-8-21-17(23)15(27-18(21)24)10-12-4-2-3-5-14(12)19/h2-5,10,13H,6-9,11H2,1H3/b15-10-/t13-/m0/s1. The Morgan fingerprint density at radius 2 is 2.07 bits per heavy atom. The van der Waals surface area contributed by atoms with Gasteiger partial charge in [-0.3, -0.25) is 19.3 Å². The largest absolute Gasteiger partial charge is 0.342 e. The zero-order valence-electron chi connectivity index (χ0n) is 15.1. The van der Waals surface area contributed by atoms with Crippen LogP contribution in [0.25, 0.3) is 6.08 Å². The van der Waals surface area contributed by atoms with E-state index in [1.807, 2.05) is 0 Å². The molecular weight excluding hydrogens is 407 g/mol. The average molecular weight is 426 g/mol. The summed E-state index contributed by atoms with van der Waals surface area (Å²) < 4.78 is 36.9. The van der Waals surface area contributed by atoms with Crippen molar-refractivity contribution in [1.29, 1.82) is 0 Å². The van der Waals surface area contributed by atoms with E-state index in [4.69, 9.17) is 0 Å². The Morgan fingerprint density at radius 3 is 2.71 bits per heavy atom. The van der Waals surface area contributed by atoms with Crippen molar-refractivity contribution in [3.8, 4) is 0 Å². The summed E-state index contributed by atoms with van der Waals surface area (Å²) in [5, 5.41) is -0.522. The Hall–Kier alpha value is -2.20. The highest BCUT2D eigenvalue weighted by atomic mass is 32.2. The van der Waals surface area contributed by atoms with Crippen molar-refractivity contribution in [2.75, 3.05) is 25.1 Å². The van der Waals surface area contributed by atoms with Gasteiger partial charge in [-0.25, -0.2) is 12.8 Å². The highest BCUT2D eigenvalue weighted by Gasteiger charge is 2.36. The van der Waals surface area contributed by atoms with Crippen molar-refractivity contribution in [2.45, 2.75) is 18.9 Å². The van der Waals surface area contributed by atoms with Gasteiger partial charge in [-0.15, -0.1) is 0 Å². The summed E-state index contributed by atoms with van der Waals surface area (Å²) in [4.78, 5) is 39.3. The second kappa shape index (κ2) is 8.04. The van der Waals surface area contributed by atoms with Crippen LogP contribution in [0.5, 0.6) is 0 Å². The van der Waals surface area contributed by atoms with Crippen LogP contribution in [0.15, 0.2) is 29.2 Å². The summed E-state index contributed by atoms with van der Waals surface area (Å²) >= 11 is 0.698. The predicted octanol–water partition coefficient (Wildman–Crippen LogP) is 1.90. The fraction of sp³-hybridized carbons (Fsp3) is 0.389. The molecule has 2 aliphatic rings. The monoisotopic (exact) mass is 426 g/mol. The minimum Gasteiger partial charge on any atom is -0.342 e. The smallest absolute Gasteiger partial charge is 0.293 e. The molecule has 0 N–H and O–H groups in total. The number of nitrogens with zero attached hydrogens (tertiary/aromatic N) is 2. The lowest BCUT2D eigenvalue weighted by Crippen LogP contribution is -2.40. The molecule has 0 aliphatic carbocycles. The Bertz CT molecular complexity index is 960. The summed E-state index contributed by atoms with van der Waals surface area (Å²) in [5.41, 5.74) is 0.200. The molecule has 150 valence electrons. The zero-order valence-corrected chi connectivity index (χ0v) is 16.8. The molecule has 0 saturated carbocycles. The first-order valence-corrected chi connectivity index (χ1v) is 11.3. The number of halogens is 1. The van der Waals surface area contributed by atoms with Gasteiger partial charge >= 0.3 is 0 Å². The number of rotatable bonds is 5. The molecule has 0 bridgehead atoms. The maximum absolute atomic E-state index is 13.8. The van der Waals surface area contributed by atoms with Crippen LogP contribution in [-0.4, -0.2) is 66.4 Å². The molecule has 10 heteroatoms. The van der Waals surface area contributed by atoms with E-state index in [-0.39, 0.29) is 46.9 Å². The summed E-state index contributed by atoms with van der Waals surface area (Å²) in [5.74, 6) is -1.42. The first kappa shape index (κ1) is 20.5. The molecule has 0 unspecified atom stereocenters. The van der Waals surface area contributed by atoms with Crippen LogP contribution >= 0.6 is 11.8 Å².